The summed E-state index contributed by atoms with van der Waals surface area (Å²) in [5.41, 5.74) is -1.41. The predicted molar refractivity (Wildman–Crippen MR) is 100.0 cm³/mol. The molecular formula is C22H16F5NO. The van der Waals surface area contributed by atoms with E-state index in [1.807, 2.05) is 0 Å². The second kappa shape index (κ2) is 8.03. The van der Waals surface area contributed by atoms with Crippen LogP contribution >= 0.6 is 0 Å². The van der Waals surface area contributed by atoms with Gasteiger partial charge in [-0.05, 0) is 29.8 Å². The molecule has 0 bridgehead atoms. The van der Waals surface area contributed by atoms with E-state index in [2.05, 4.69) is 5.32 Å². The molecule has 3 rings (SSSR count). The van der Waals surface area contributed by atoms with Gasteiger partial charge in [0.25, 0.3) is 0 Å². The zero-order valence-electron chi connectivity index (χ0n) is 15.0. The van der Waals surface area contributed by atoms with Crippen LogP contribution in [0.2, 0.25) is 0 Å². The number of hydrogen-bond acceptors (Lipinski definition) is 2. The lowest BCUT2D eigenvalue weighted by molar-refractivity contribution is -0.137. The van der Waals surface area contributed by atoms with E-state index >= 15 is 8.78 Å². The van der Waals surface area contributed by atoms with Crippen LogP contribution in [0.1, 0.15) is 27.5 Å². The minimum atomic E-state index is -4.70. The lowest BCUT2D eigenvalue weighted by Crippen LogP contribution is -2.40. The van der Waals surface area contributed by atoms with Crippen molar-refractivity contribution in [2.45, 2.75) is 18.1 Å². The SMILES string of the molecule is O=C(c1ccccc1)C(F)(F)C(Nc1ccccc1)c1cccc(C(F)(F)F)c1. The number of hydrogen-bond donors (Lipinski definition) is 1. The Hall–Kier alpha value is -3.22. The van der Waals surface area contributed by atoms with E-state index in [1.165, 1.54) is 36.4 Å². The van der Waals surface area contributed by atoms with Crippen molar-refractivity contribution in [3.8, 4) is 0 Å². The first-order valence-corrected chi connectivity index (χ1v) is 8.66. The zero-order chi connectivity index (χ0) is 21.1. The molecule has 0 saturated heterocycles. The summed E-state index contributed by atoms with van der Waals surface area (Å²) >= 11 is 0. The molecule has 0 aliphatic heterocycles. The molecular weight excluding hydrogens is 389 g/mol. The summed E-state index contributed by atoms with van der Waals surface area (Å²) in [7, 11) is 0. The third kappa shape index (κ3) is 4.62. The van der Waals surface area contributed by atoms with E-state index < -0.39 is 29.5 Å². The summed E-state index contributed by atoms with van der Waals surface area (Å²) in [5.74, 6) is -5.49. The van der Waals surface area contributed by atoms with Gasteiger partial charge in [-0.2, -0.15) is 22.0 Å². The highest BCUT2D eigenvalue weighted by molar-refractivity contribution is 6.02. The highest BCUT2D eigenvalue weighted by atomic mass is 19.4. The molecule has 0 spiro atoms. The minimum Gasteiger partial charge on any atom is -0.372 e. The van der Waals surface area contributed by atoms with Crippen LogP contribution in [-0.2, 0) is 6.18 Å². The Labute approximate surface area is 164 Å². The lowest BCUT2D eigenvalue weighted by Gasteiger charge is -2.28. The molecule has 3 aromatic carbocycles. The molecule has 0 aliphatic rings. The topological polar surface area (TPSA) is 29.1 Å². The fraction of sp³-hybridized carbons (Fsp3) is 0.136. The lowest BCUT2D eigenvalue weighted by atomic mass is 9.92. The van der Waals surface area contributed by atoms with Crippen LogP contribution in [-0.4, -0.2) is 11.7 Å². The maximum Gasteiger partial charge on any atom is 0.416 e. The Bertz CT molecular complexity index is 971. The molecule has 0 amide bonds. The molecule has 2 nitrogen and oxygen atoms in total. The van der Waals surface area contributed by atoms with Gasteiger partial charge in [-0.25, -0.2) is 0 Å². The summed E-state index contributed by atoms with van der Waals surface area (Å²) in [4.78, 5) is 12.5. The first-order chi connectivity index (χ1) is 13.7. The van der Waals surface area contributed by atoms with Crippen LogP contribution in [0.3, 0.4) is 0 Å². The third-order valence-electron chi connectivity index (χ3n) is 4.33. The number of benzene rings is 3. The van der Waals surface area contributed by atoms with E-state index in [0.29, 0.717) is 6.07 Å². The maximum absolute atomic E-state index is 15.3. The average Bonchev–Trinajstić information content (AvgIpc) is 2.72. The predicted octanol–water partition coefficient (Wildman–Crippen LogP) is 6.38. The number of halogens is 5. The van der Waals surface area contributed by atoms with Crippen molar-refractivity contribution in [1.82, 2.24) is 0 Å². The van der Waals surface area contributed by atoms with E-state index in [-0.39, 0.29) is 16.8 Å². The Balaban J connectivity index is 2.07. The first-order valence-electron chi connectivity index (χ1n) is 8.66. The van der Waals surface area contributed by atoms with Gasteiger partial charge >= 0.3 is 12.1 Å². The summed E-state index contributed by atoms with van der Waals surface area (Å²) in [6.45, 7) is 0. The van der Waals surface area contributed by atoms with Gasteiger partial charge in [0, 0.05) is 11.3 Å². The highest BCUT2D eigenvalue weighted by Crippen LogP contribution is 2.39. The fourth-order valence-electron chi connectivity index (χ4n) is 2.89. The van der Waals surface area contributed by atoms with E-state index in [4.69, 9.17) is 0 Å². The molecule has 0 fully saturated rings. The van der Waals surface area contributed by atoms with Gasteiger partial charge in [0.2, 0.25) is 5.78 Å². The maximum atomic E-state index is 15.3. The van der Waals surface area contributed by atoms with Crippen LogP contribution in [0.15, 0.2) is 84.9 Å². The number of ketones is 1. The Kier molecular flexibility index (Phi) is 5.68. The van der Waals surface area contributed by atoms with Gasteiger partial charge in [-0.15, -0.1) is 0 Å². The number of carbonyl (C=O) groups is 1. The molecule has 0 aromatic heterocycles. The van der Waals surface area contributed by atoms with Gasteiger partial charge in [0.05, 0.1) is 5.56 Å². The number of anilines is 1. The molecule has 0 radical (unpaired) electrons. The quantitative estimate of drug-likeness (QED) is 0.381. The Morgan fingerprint density at radius 1 is 0.759 bits per heavy atom. The van der Waals surface area contributed by atoms with Gasteiger partial charge in [-0.1, -0.05) is 60.7 Å². The smallest absolute Gasteiger partial charge is 0.372 e. The van der Waals surface area contributed by atoms with Crippen molar-refractivity contribution < 1.29 is 26.7 Å². The standard InChI is InChI=1S/C22H16F5NO/c23-21(24,20(29)15-8-3-1-4-9-15)19(28-18-12-5-2-6-13-18)16-10-7-11-17(14-16)22(25,26)27/h1-14,19,28H. The molecule has 150 valence electrons. The summed E-state index contributed by atoms with van der Waals surface area (Å²) in [6, 6.07) is 16.3. The number of para-hydroxylation sites is 1. The van der Waals surface area contributed by atoms with E-state index in [9.17, 15) is 18.0 Å². The number of nitrogens with one attached hydrogen (secondary N) is 1. The zero-order valence-corrected chi connectivity index (χ0v) is 15.0. The molecule has 0 aliphatic carbocycles. The van der Waals surface area contributed by atoms with Crippen molar-refractivity contribution >= 4 is 11.5 Å². The van der Waals surface area contributed by atoms with E-state index in [0.717, 1.165) is 18.2 Å². The van der Waals surface area contributed by atoms with Crippen molar-refractivity contribution in [1.29, 1.82) is 0 Å². The molecule has 29 heavy (non-hydrogen) atoms. The number of Topliss-reactive ketones (excluding diaryl/α,β-unsaturated/α-hetero) is 1. The van der Waals surface area contributed by atoms with Crippen LogP contribution in [0.4, 0.5) is 27.6 Å². The van der Waals surface area contributed by atoms with Crippen molar-refractivity contribution in [2.75, 3.05) is 5.32 Å². The number of alkyl halides is 5. The second-order valence-corrected chi connectivity index (χ2v) is 6.38. The molecule has 1 unspecified atom stereocenters. The van der Waals surface area contributed by atoms with Gasteiger partial charge in [0.15, 0.2) is 0 Å². The third-order valence-corrected chi connectivity index (χ3v) is 4.33. The van der Waals surface area contributed by atoms with Crippen LogP contribution in [0, 0.1) is 0 Å². The van der Waals surface area contributed by atoms with Crippen LogP contribution < -0.4 is 5.32 Å². The molecule has 7 heteroatoms. The van der Waals surface area contributed by atoms with Gasteiger partial charge < -0.3 is 5.32 Å². The average molecular weight is 405 g/mol. The van der Waals surface area contributed by atoms with Crippen LogP contribution in [0.5, 0.6) is 0 Å². The van der Waals surface area contributed by atoms with Gasteiger partial charge in [-0.3, -0.25) is 4.79 Å². The monoisotopic (exact) mass is 405 g/mol. The second-order valence-electron chi connectivity index (χ2n) is 6.38. The Morgan fingerprint density at radius 2 is 1.34 bits per heavy atom. The fourth-order valence-corrected chi connectivity index (χ4v) is 2.89. The largest absolute Gasteiger partial charge is 0.416 e. The Morgan fingerprint density at radius 3 is 1.93 bits per heavy atom. The number of carbonyl (C=O) groups excluding carboxylic acids is 1. The van der Waals surface area contributed by atoms with Gasteiger partial charge in [0.1, 0.15) is 6.04 Å². The molecule has 0 heterocycles. The minimum absolute atomic E-state index is 0.232. The highest BCUT2D eigenvalue weighted by Gasteiger charge is 2.48. The molecule has 1 N–H and O–H groups in total. The summed E-state index contributed by atoms with van der Waals surface area (Å²) in [6.07, 6.45) is -4.70. The normalized spacial score (nSPS) is 13.0. The first kappa shape index (κ1) is 20.5. The molecule has 1 atom stereocenters. The molecule has 0 saturated carbocycles. The van der Waals surface area contributed by atoms with Crippen molar-refractivity contribution in [3.05, 3.63) is 102 Å². The summed E-state index contributed by atoms with van der Waals surface area (Å²) in [5, 5.41) is 2.53. The molecule has 3 aromatic rings. The van der Waals surface area contributed by atoms with Crippen LogP contribution in [0.25, 0.3) is 0 Å². The van der Waals surface area contributed by atoms with Crippen molar-refractivity contribution in [2.24, 2.45) is 0 Å². The van der Waals surface area contributed by atoms with E-state index in [1.54, 1.807) is 24.3 Å². The van der Waals surface area contributed by atoms with Crippen molar-refractivity contribution in [3.63, 3.8) is 0 Å². The number of rotatable bonds is 6. The summed E-state index contributed by atoms with van der Waals surface area (Å²) < 4.78 is 69.9.